The molecule has 3 rings (SSSR count). The van der Waals surface area contributed by atoms with Crippen LogP contribution in [-0.4, -0.2) is 57.9 Å². The Morgan fingerprint density at radius 3 is 2.48 bits per heavy atom. The SMILES string of the molecule is COc1ccc([C@H]2CN(C(=O)c3nccn3C)CCN2C(C)=O)cc1. The first-order chi connectivity index (χ1) is 12.0. The van der Waals surface area contributed by atoms with Crippen LogP contribution in [0.15, 0.2) is 36.7 Å². The quantitative estimate of drug-likeness (QED) is 0.847. The zero-order valence-electron chi connectivity index (χ0n) is 14.7. The third-order valence-corrected chi connectivity index (χ3v) is 4.59. The van der Waals surface area contributed by atoms with Crippen molar-refractivity contribution in [3.8, 4) is 5.75 Å². The standard InChI is InChI=1S/C18H22N4O3/c1-13(23)22-11-10-21(18(24)17-19-8-9-20(17)2)12-16(22)14-4-6-15(25-3)7-5-14/h4-9,16H,10-12H2,1-3H3/t16-/m1/s1. The summed E-state index contributed by atoms with van der Waals surface area (Å²) in [7, 11) is 3.41. The number of imidazole rings is 1. The lowest BCUT2D eigenvalue weighted by molar-refractivity contribution is -0.133. The molecule has 0 bridgehead atoms. The van der Waals surface area contributed by atoms with Crippen LogP contribution in [0.25, 0.3) is 0 Å². The summed E-state index contributed by atoms with van der Waals surface area (Å²) in [6, 6.07) is 7.43. The number of hydrogen-bond donors (Lipinski definition) is 0. The molecule has 7 heteroatoms. The van der Waals surface area contributed by atoms with Crippen molar-refractivity contribution < 1.29 is 14.3 Å². The largest absolute Gasteiger partial charge is 0.497 e. The second kappa shape index (κ2) is 6.96. The number of rotatable bonds is 3. The van der Waals surface area contributed by atoms with E-state index in [1.807, 2.05) is 29.2 Å². The number of benzene rings is 1. The van der Waals surface area contributed by atoms with E-state index in [4.69, 9.17) is 4.74 Å². The second-order valence-electron chi connectivity index (χ2n) is 6.11. The van der Waals surface area contributed by atoms with Gasteiger partial charge in [0.1, 0.15) is 5.75 Å². The van der Waals surface area contributed by atoms with Crippen LogP contribution in [0.1, 0.15) is 29.1 Å². The summed E-state index contributed by atoms with van der Waals surface area (Å²) < 4.78 is 6.91. The van der Waals surface area contributed by atoms with Gasteiger partial charge in [-0.25, -0.2) is 4.98 Å². The van der Waals surface area contributed by atoms with Gasteiger partial charge < -0.3 is 19.1 Å². The van der Waals surface area contributed by atoms with Crippen molar-refractivity contribution in [1.29, 1.82) is 0 Å². The van der Waals surface area contributed by atoms with Crippen LogP contribution >= 0.6 is 0 Å². The molecule has 2 amide bonds. The molecule has 0 N–H and O–H groups in total. The minimum atomic E-state index is -0.179. The summed E-state index contributed by atoms with van der Waals surface area (Å²) in [5, 5.41) is 0. The van der Waals surface area contributed by atoms with Gasteiger partial charge in [-0.15, -0.1) is 0 Å². The van der Waals surface area contributed by atoms with Crippen LogP contribution in [0.4, 0.5) is 0 Å². The van der Waals surface area contributed by atoms with E-state index in [2.05, 4.69) is 4.98 Å². The molecule has 2 heterocycles. The first-order valence-electron chi connectivity index (χ1n) is 8.19. The molecule has 7 nitrogen and oxygen atoms in total. The van der Waals surface area contributed by atoms with E-state index in [0.29, 0.717) is 25.5 Å². The molecule has 0 saturated carbocycles. The van der Waals surface area contributed by atoms with Crippen LogP contribution in [0.5, 0.6) is 5.75 Å². The number of carbonyl (C=O) groups excluding carboxylic acids is 2. The van der Waals surface area contributed by atoms with Crippen LogP contribution < -0.4 is 4.74 Å². The highest BCUT2D eigenvalue weighted by atomic mass is 16.5. The lowest BCUT2D eigenvalue weighted by Gasteiger charge is -2.41. The van der Waals surface area contributed by atoms with Gasteiger partial charge in [-0.1, -0.05) is 12.1 Å². The molecule has 1 aromatic carbocycles. The molecule has 1 saturated heterocycles. The van der Waals surface area contributed by atoms with Crippen molar-refractivity contribution >= 4 is 11.8 Å². The Kier molecular flexibility index (Phi) is 4.74. The monoisotopic (exact) mass is 342 g/mol. The molecule has 1 aliphatic heterocycles. The van der Waals surface area contributed by atoms with E-state index in [1.165, 1.54) is 0 Å². The molecule has 0 spiro atoms. The zero-order valence-corrected chi connectivity index (χ0v) is 14.7. The second-order valence-corrected chi connectivity index (χ2v) is 6.11. The Balaban J connectivity index is 1.85. The normalized spacial score (nSPS) is 17.5. The van der Waals surface area contributed by atoms with Gasteiger partial charge in [-0.3, -0.25) is 9.59 Å². The number of aryl methyl sites for hydroxylation is 1. The molecule has 0 unspecified atom stereocenters. The molecular weight excluding hydrogens is 320 g/mol. The molecule has 132 valence electrons. The van der Waals surface area contributed by atoms with Crippen LogP contribution in [0, 0.1) is 0 Å². The Bertz CT molecular complexity index is 769. The van der Waals surface area contributed by atoms with Gasteiger partial charge in [-0.05, 0) is 17.7 Å². The molecule has 1 fully saturated rings. The third kappa shape index (κ3) is 3.35. The van der Waals surface area contributed by atoms with Gasteiger partial charge in [-0.2, -0.15) is 0 Å². The topological polar surface area (TPSA) is 67.7 Å². The van der Waals surface area contributed by atoms with E-state index in [-0.39, 0.29) is 17.9 Å². The van der Waals surface area contributed by atoms with Gasteiger partial charge in [0.05, 0.1) is 13.2 Å². The lowest BCUT2D eigenvalue weighted by atomic mass is 10.0. The zero-order chi connectivity index (χ0) is 18.0. The van der Waals surface area contributed by atoms with E-state index < -0.39 is 0 Å². The predicted molar refractivity (Wildman–Crippen MR) is 92.2 cm³/mol. The van der Waals surface area contributed by atoms with Crippen LogP contribution in [0.3, 0.4) is 0 Å². The van der Waals surface area contributed by atoms with Gasteiger partial charge in [0.25, 0.3) is 5.91 Å². The molecule has 1 atom stereocenters. The predicted octanol–water partition coefficient (Wildman–Crippen LogP) is 1.47. The Morgan fingerprint density at radius 2 is 1.92 bits per heavy atom. The lowest BCUT2D eigenvalue weighted by Crippen LogP contribution is -2.52. The van der Waals surface area contributed by atoms with Crippen molar-refractivity contribution in [2.24, 2.45) is 7.05 Å². The minimum absolute atomic E-state index is 0.00455. The molecule has 1 aromatic heterocycles. The van der Waals surface area contributed by atoms with E-state index in [1.54, 1.807) is 42.9 Å². The number of amides is 2. The number of aromatic nitrogens is 2. The average Bonchev–Trinajstić information content (AvgIpc) is 3.06. The van der Waals surface area contributed by atoms with Crippen LogP contribution in [0.2, 0.25) is 0 Å². The van der Waals surface area contributed by atoms with Crippen molar-refractivity contribution in [3.05, 3.63) is 48.0 Å². The maximum absolute atomic E-state index is 12.8. The van der Waals surface area contributed by atoms with Gasteiger partial charge in [0, 0.05) is 46.0 Å². The fraction of sp³-hybridized carbons (Fsp3) is 0.389. The van der Waals surface area contributed by atoms with Gasteiger partial charge in [0.15, 0.2) is 5.82 Å². The summed E-state index contributed by atoms with van der Waals surface area (Å²) in [5.74, 6) is 1.05. The Labute approximate surface area is 146 Å². The van der Waals surface area contributed by atoms with Crippen molar-refractivity contribution in [2.75, 3.05) is 26.7 Å². The van der Waals surface area contributed by atoms with Gasteiger partial charge >= 0.3 is 0 Å². The molecule has 1 aliphatic rings. The maximum atomic E-state index is 12.8. The fourth-order valence-electron chi connectivity index (χ4n) is 3.17. The van der Waals surface area contributed by atoms with E-state index in [9.17, 15) is 9.59 Å². The Hall–Kier alpha value is -2.83. The van der Waals surface area contributed by atoms with Crippen molar-refractivity contribution in [1.82, 2.24) is 19.4 Å². The number of ether oxygens (including phenoxy) is 1. The van der Waals surface area contributed by atoms with Crippen LogP contribution in [-0.2, 0) is 11.8 Å². The summed E-state index contributed by atoms with van der Waals surface area (Å²) in [4.78, 5) is 32.5. The molecule has 25 heavy (non-hydrogen) atoms. The Morgan fingerprint density at radius 1 is 1.20 bits per heavy atom. The van der Waals surface area contributed by atoms with Gasteiger partial charge in [0.2, 0.25) is 5.91 Å². The van der Waals surface area contributed by atoms with E-state index >= 15 is 0 Å². The highest BCUT2D eigenvalue weighted by Crippen LogP contribution is 2.27. The molecule has 0 radical (unpaired) electrons. The first-order valence-corrected chi connectivity index (χ1v) is 8.19. The molecule has 2 aromatic rings. The highest BCUT2D eigenvalue weighted by molar-refractivity contribution is 5.91. The number of methoxy groups -OCH3 is 1. The molecule has 0 aliphatic carbocycles. The number of piperazine rings is 1. The average molecular weight is 342 g/mol. The number of carbonyl (C=O) groups is 2. The van der Waals surface area contributed by atoms with Crippen molar-refractivity contribution in [3.63, 3.8) is 0 Å². The number of hydrogen-bond acceptors (Lipinski definition) is 4. The minimum Gasteiger partial charge on any atom is -0.497 e. The highest BCUT2D eigenvalue weighted by Gasteiger charge is 2.33. The summed E-state index contributed by atoms with van der Waals surface area (Å²) in [6.07, 6.45) is 3.36. The third-order valence-electron chi connectivity index (χ3n) is 4.59. The molecular formula is C18H22N4O3. The first kappa shape index (κ1) is 17.0. The maximum Gasteiger partial charge on any atom is 0.289 e. The van der Waals surface area contributed by atoms with E-state index in [0.717, 1.165) is 11.3 Å². The summed E-state index contributed by atoms with van der Waals surface area (Å²) >= 11 is 0. The smallest absolute Gasteiger partial charge is 0.289 e. The summed E-state index contributed by atoms with van der Waals surface area (Å²) in [5.41, 5.74) is 0.980. The number of nitrogens with zero attached hydrogens (tertiary/aromatic N) is 4. The fourth-order valence-corrected chi connectivity index (χ4v) is 3.17. The van der Waals surface area contributed by atoms with Crippen molar-refractivity contribution in [2.45, 2.75) is 13.0 Å². The summed E-state index contributed by atoms with van der Waals surface area (Å²) in [6.45, 7) is 3.00.